The summed E-state index contributed by atoms with van der Waals surface area (Å²) in [6.45, 7) is 2.57. The molecular weight excluding hydrogens is 244 g/mol. The number of halogens is 1. The van der Waals surface area contributed by atoms with Crippen LogP contribution >= 0.6 is 15.9 Å². The molecule has 0 radical (unpaired) electrons. The Morgan fingerprint density at radius 3 is 2.79 bits per heavy atom. The summed E-state index contributed by atoms with van der Waals surface area (Å²) in [5.41, 5.74) is 7.63. The molecule has 1 amide bonds. The first kappa shape index (κ1) is 11.2. The molecule has 3 nitrogen and oxygen atoms in total. The minimum Gasteiger partial charge on any atom is -0.352 e. The van der Waals surface area contributed by atoms with Gasteiger partial charge in [-0.15, -0.1) is 0 Å². The van der Waals surface area contributed by atoms with Crippen LogP contribution in [-0.2, 0) is 17.9 Å². The summed E-state index contributed by atoms with van der Waals surface area (Å²) in [5, 5.41) is 2.74. The van der Waals surface area contributed by atoms with E-state index < -0.39 is 0 Å². The molecule has 76 valence electrons. The van der Waals surface area contributed by atoms with Gasteiger partial charge in [-0.2, -0.15) is 0 Å². The van der Waals surface area contributed by atoms with Crippen molar-refractivity contribution >= 4 is 21.8 Å². The van der Waals surface area contributed by atoms with Crippen LogP contribution in [0.25, 0.3) is 0 Å². The molecule has 1 aromatic rings. The van der Waals surface area contributed by atoms with E-state index in [1.807, 2.05) is 18.2 Å². The predicted octanol–water partition coefficient (Wildman–Crippen LogP) is 1.54. The van der Waals surface area contributed by atoms with Gasteiger partial charge in [0, 0.05) is 24.5 Å². The number of carbonyl (C=O) groups is 1. The van der Waals surface area contributed by atoms with E-state index in [9.17, 15) is 4.79 Å². The Balaban J connectivity index is 2.73. The average molecular weight is 257 g/mol. The maximum absolute atomic E-state index is 10.7. The maximum atomic E-state index is 10.7. The van der Waals surface area contributed by atoms with Crippen molar-refractivity contribution in [3.8, 4) is 0 Å². The smallest absolute Gasteiger partial charge is 0.217 e. The second-order valence-electron chi connectivity index (χ2n) is 3.04. The van der Waals surface area contributed by atoms with Gasteiger partial charge in [0.15, 0.2) is 0 Å². The van der Waals surface area contributed by atoms with Crippen molar-refractivity contribution in [2.24, 2.45) is 5.73 Å². The summed E-state index contributed by atoms with van der Waals surface area (Å²) >= 11 is 3.43. The first-order chi connectivity index (χ1) is 6.63. The third-order valence-corrected chi connectivity index (χ3v) is 2.62. The normalized spacial score (nSPS) is 9.93. The van der Waals surface area contributed by atoms with Gasteiger partial charge in [-0.3, -0.25) is 4.79 Å². The number of rotatable bonds is 3. The molecule has 0 saturated heterocycles. The lowest BCUT2D eigenvalue weighted by Crippen LogP contribution is -2.19. The van der Waals surface area contributed by atoms with Crippen molar-refractivity contribution in [3.05, 3.63) is 33.8 Å². The second-order valence-corrected chi connectivity index (χ2v) is 3.89. The fraction of sp³-hybridized carbons (Fsp3) is 0.300. The molecule has 0 atom stereocenters. The van der Waals surface area contributed by atoms with E-state index in [0.29, 0.717) is 13.1 Å². The predicted molar refractivity (Wildman–Crippen MR) is 59.6 cm³/mol. The van der Waals surface area contributed by atoms with E-state index in [-0.39, 0.29) is 5.91 Å². The molecule has 0 heterocycles. The minimum absolute atomic E-state index is 0.0280. The van der Waals surface area contributed by atoms with Gasteiger partial charge in [0.05, 0.1) is 0 Å². The third kappa shape index (κ3) is 3.12. The lowest BCUT2D eigenvalue weighted by Gasteiger charge is -2.06. The lowest BCUT2D eigenvalue weighted by atomic mass is 10.1. The Kier molecular flexibility index (Phi) is 4.10. The Morgan fingerprint density at radius 1 is 1.57 bits per heavy atom. The first-order valence-corrected chi connectivity index (χ1v) is 5.14. The van der Waals surface area contributed by atoms with Gasteiger partial charge in [0.25, 0.3) is 0 Å². The van der Waals surface area contributed by atoms with Gasteiger partial charge < -0.3 is 11.1 Å². The summed E-state index contributed by atoms with van der Waals surface area (Å²) in [6, 6.07) is 5.89. The van der Waals surface area contributed by atoms with Crippen LogP contribution in [-0.4, -0.2) is 5.91 Å². The quantitative estimate of drug-likeness (QED) is 0.863. The third-order valence-electron chi connectivity index (χ3n) is 1.88. The molecule has 3 N–H and O–H groups in total. The van der Waals surface area contributed by atoms with Crippen molar-refractivity contribution in [2.75, 3.05) is 0 Å². The van der Waals surface area contributed by atoms with Gasteiger partial charge in [-0.05, 0) is 17.2 Å². The number of nitrogens with one attached hydrogen (secondary N) is 1. The van der Waals surface area contributed by atoms with Gasteiger partial charge in [-0.1, -0.05) is 28.1 Å². The fourth-order valence-electron chi connectivity index (χ4n) is 1.08. The standard InChI is InChI=1S/C10H13BrN2O/c1-7(14)13-6-9-3-2-8(5-12)4-10(9)11/h2-4H,5-6,12H2,1H3,(H,13,14). The molecule has 0 aliphatic carbocycles. The monoisotopic (exact) mass is 256 g/mol. The summed E-state index contributed by atoms with van der Waals surface area (Å²) in [6.07, 6.45) is 0. The molecule has 0 aromatic heterocycles. The topological polar surface area (TPSA) is 55.1 Å². The van der Waals surface area contributed by atoms with Crippen LogP contribution < -0.4 is 11.1 Å². The number of carbonyl (C=O) groups excluding carboxylic acids is 1. The van der Waals surface area contributed by atoms with Crippen molar-refractivity contribution < 1.29 is 4.79 Å². The first-order valence-electron chi connectivity index (χ1n) is 4.35. The molecule has 4 heteroatoms. The maximum Gasteiger partial charge on any atom is 0.217 e. The number of nitrogens with two attached hydrogens (primary N) is 1. The number of hydrogen-bond donors (Lipinski definition) is 2. The van der Waals surface area contributed by atoms with Crippen LogP contribution in [0.3, 0.4) is 0 Å². The molecule has 0 unspecified atom stereocenters. The molecule has 0 aliphatic rings. The molecule has 0 aliphatic heterocycles. The minimum atomic E-state index is -0.0280. The second kappa shape index (κ2) is 5.12. The zero-order valence-electron chi connectivity index (χ0n) is 8.01. The molecule has 0 fully saturated rings. The van der Waals surface area contributed by atoms with Gasteiger partial charge in [0.1, 0.15) is 0 Å². The highest BCUT2D eigenvalue weighted by molar-refractivity contribution is 9.10. The zero-order chi connectivity index (χ0) is 10.6. The SMILES string of the molecule is CC(=O)NCc1ccc(CN)cc1Br. The van der Waals surface area contributed by atoms with Crippen molar-refractivity contribution in [1.82, 2.24) is 5.32 Å². The van der Waals surface area contributed by atoms with Crippen molar-refractivity contribution in [1.29, 1.82) is 0 Å². The molecule has 0 saturated carbocycles. The van der Waals surface area contributed by atoms with Crippen LogP contribution in [0.2, 0.25) is 0 Å². The summed E-state index contributed by atoms with van der Waals surface area (Å²) in [4.78, 5) is 10.7. The highest BCUT2D eigenvalue weighted by Crippen LogP contribution is 2.18. The lowest BCUT2D eigenvalue weighted by molar-refractivity contribution is -0.119. The van der Waals surface area contributed by atoms with E-state index >= 15 is 0 Å². The molecule has 1 rings (SSSR count). The van der Waals surface area contributed by atoms with E-state index in [4.69, 9.17) is 5.73 Å². The van der Waals surface area contributed by atoms with Crippen molar-refractivity contribution in [3.63, 3.8) is 0 Å². The molecule has 1 aromatic carbocycles. The fourth-order valence-corrected chi connectivity index (χ4v) is 1.65. The van der Waals surface area contributed by atoms with E-state index in [0.717, 1.165) is 15.6 Å². The van der Waals surface area contributed by atoms with Crippen LogP contribution in [0.15, 0.2) is 22.7 Å². The van der Waals surface area contributed by atoms with Crippen LogP contribution in [0.5, 0.6) is 0 Å². The summed E-state index contributed by atoms with van der Waals surface area (Å²) in [7, 11) is 0. The Labute approximate surface area is 91.8 Å². The van der Waals surface area contributed by atoms with Gasteiger partial charge in [0.2, 0.25) is 5.91 Å². The Morgan fingerprint density at radius 2 is 2.29 bits per heavy atom. The van der Waals surface area contributed by atoms with Crippen LogP contribution in [0.1, 0.15) is 18.1 Å². The van der Waals surface area contributed by atoms with E-state index in [1.165, 1.54) is 6.92 Å². The largest absolute Gasteiger partial charge is 0.352 e. The highest BCUT2D eigenvalue weighted by atomic mass is 79.9. The molecule has 0 bridgehead atoms. The highest BCUT2D eigenvalue weighted by Gasteiger charge is 2.01. The van der Waals surface area contributed by atoms with Crippen molar-refractivity contribution in [2.45, 2.75) is 20.0 Å². The molecule has 14 heavy (non-hydrogen) atoms. The summed E-state index contributed by atoms with van der Waals surface area (Å²) in [5.74, 6) is -0.0280. The zero-order valence-corrected chi connectivity index (χ0v) is 9.60. The molecular formula is C10H13BrN2O. The van der Waals surface area contributed by atoms with Crippen LogP contribution in [0.4, 0.5) is 0 Å². The summed E-state index contributed by atoms with van der Waals surface area (Å²) < 4.78 is 0.981. The van der Waals surface area contributed by atoms with Gasteiger partial charge in [-0.25, -0.2) is 0 Å². The number of amides is 1. The number of hydrogen-bond acceptors (Lipinski definition) is 2. The van der Waals surface area contributed by atoms with E-state index in [2.05, 4.69) is 21.2 Å². The van der Waals surface area contributed by atoms with Crippen LogP contribution in [0, 0.1) is 0 Å². The number of benzene rings is 1. The Hall–Kier alpha value is -0.870. The van der Waals surface area contributed by atoms with E-state index in [1.54, 1.807) is 0 Å². The Bertz CT molecular complexity index is 339. The average Bonchev–Trinajstić information content (AvgIpc) is 2.15. The van der Waals surface area contributed by atoms with Gasteiger partial charge >= 0.3 is 0 Å². The molecule has 0 spiro atoms.